The summed E-state index contributed by atoms with van der Waals surface area (Å²) in [5.74, 6) is -0.913. The molecule has 1 heterocycles. The Balaban J connectivity index is 2.38. The third kappa shape index (κ3) is 3.08. The third-order valence-electron chi connectivity index (χ3n) is 2.99. The first-order chi connectivity index (χ1) is 10.8. The van der Waals surface area contributed by atoms with Gasteiger partial charge in [-0.3, -0.25) is 10.1 Å². The number of cyclic esters (lactones) is 1. The van der Waals surface area contributed by atoms with E-state index in [0.717, 1.165) is 24.3 Å². The van der Waals surface area contributed by atoms with E-state index in [0.29, 0.717) is 0 Å². The van der Waals surface area contributed by atoms with Crippen LogP contribution >= 0.6 is 0 Å². The van der Waals surface area contributed by atoms with Gasteiger partial charge in [0.1, 0.15) is 6.61 Å². The molecule has 0 radical (unpaired) electrons. The maximum absolute atomic E-state index is 12.5. The predicted molar refractivity (Wildman–Crippen MR) is 73.9 cm³/mol. The number of hydrogen-bond donors (Lipinski definition) is 0. The van der Waals surface area contributed by atoms with Crippen molar-refractivity contribution in [3.63, 3.8) is 0 Å². The topological polar surface area (TPSA) is 133 Å². The largest absolute Gasteiger partial charge is 0.464 e. The van der Waals surface area contributed by atoms with Crippen LogP contribution in [0.15, 0.2) is 29.2 Å². The maximum Gasteiger partial charge on any atom is 0.424 e. The van der Waals surface area contributed by atoms with Crippen molar-refractivity contribution in [3.8, 4) is 0 Å². The molecule has 10 nitrogen and oxygen atoms in total. The lowest BCUT2D eigenvalue weighted by Crippen LogP contribution is -2.44. The number of nitro groups is 1. The molecule has 0 aliphatic carbocycles. The Morgan fingerprint density at radius 1 is 1.43 bits per heavy atom. The molecule has 1 aliphatic rings. The van der Waals surface area contributed by atoms with Crippen molar-refractivity contribution in [1.29, 1.82) is 0 Å². The number of non-ortho nitro benzene ring substituents is 1. The smallest absolute Gasteiger partial charge is 0.424 e. The van der Waals surface area contributed by atoms with Gasteiger partial charge in [0.25, 0.3) is 15.7 Å². The van der Waals surface area contributed by atoms with Gasteiger partial charge in [0.15, 0.2) is 6.04 Å². The summed E-state index contributed by atoms with van der Waals surface area (Å²) in [6, 6.07) is 2.48. The van der Waals surface area contributed by atoms with Crippen LogP contribution in [0.1, 0.15) is 6.92 Å². The predicted octanol–water partition coefficient (Wildman–Crippen LogP) is 0.667. The van der Waals surface area contributed by atoms with Crippen LogP contribution in [0.5, 0.6) is 0 Å². The highest BCUT2D eigenvalue weighted by Gasteiger charge is 2.47. The summed E-state index contributed by atoms with van der Waals surface area (Å²) < 4.78 is 34.6. The summed E-state index contributed by atoms with van der Waals surface area (Å²) in [5.41, 5.74) is -0.310. The molecule has 1 aromatic rings. The molecule has 2 rings (SSSR count). The zero-order valence-electron chi connectivity index (χ0n) is 11.9. The molecule has 124 valence electrons. The summed E-state index contributed by atoms with van der Waals surface area (Å²) in [7, 11) is -4.41. The number of nitrogens with zero attached hydrogens (tertiary/aromatic N) is 2. The summed E-state index contributed by atoms with van der Waals surface area (Å²) >= 11 is 0. The van der Waals surface area contributed by atoms with Crippen LogP contribution in [0.4, 0.5) is 10.5 Å². The van der Waals surface area contributed by atoms with Crippen molar-refractivity contribution in [3.05, 3.63) is 34.4 Å². The fourth-order valence-electron chi connectivity index (χ4n) is 1.93. The number of ether oxygens (including phenoxy) is 2. The molecule has 1 amide bonds. The van der Waals surface area contributed by atoms with Crippen molar-refractivity contribution >= 4 is 27.8 Å². The first-order valence-corrected chi connectivity index (χ1v) is 7.85. The lowest BCUT2D eigenvalue weighted by molar-refractivity contribution is -0.384. The summed E-state index contributed by atoms with van der Waals surface area (Å²) in [4.78, 5) is 33.0. The Hall–Kier alpha value is -2.69. The molecule has 0 unspecified atom stereocenters. The number of benzene rings is 1. The Kier molecular flexibility index (Phi) is 4.50. The molecule has 0 N–H and O–H groups in total. The van der Waals surface area contributed by atoms with Crippen LogP contribution in [0.3, 0.4) is 0 Å². The normalized spacial score (nSPS) is 17.7. The van der Waals surface area contributed by atoms with Crippen molar-refractivity contribution < 1.29 is 32.4 Å². The third-order valence-corrected chi connectivity index (χ3v) is 4.78. The second-order valence-corrected chi connectivity index (χ2v) is 6.21. The average molecular weight is 344 g/mol. The molecule has 1 saturated heterocycles. The Morgan fingerprint density at radius 3 is 2.57 bits per heavy atom. The monoisotopic (exact) mass is 344 g/mol. The van der Waals surface area contributed by atoms with Crippen molar-refractivity contribution in [1.82, 2.24) is 4.31 Å². The van der Waals surface area contributed by atoms with Gasteiger partial charge in [-0.05, 0) is 19.1 Å². The fourth-order valence-corrected chi connectivity index (χ4v) is 3.37. The summed E-state index contributed by atoms with van der Waals surface area (Å²) in [6.07, 6.45) is -1.21. The Morgan fingerprint density at radius 2 is 2.04 bits per heavy atom. The number of hydrogen-bond acceptors (Lipinski definition) is 8. The quantitative estimate of drug-likeness (QED) is 0.432. The highest BCUT2D eigenvalue weighted by molar-refractivity contribution is 7.89. The molecular weight excluding hydrogens is 332 g/mol. The first-order valence-electron chi connectivity index (χ1n) is 6.41. The van der Waals surface area contributed by atoms with Gasteiger partial charge in [-0.15, -0.1) is 0 Å². The van der Waals surface area contributed by atoms with Crippen LogP contribution in [0, 0.1) is 10.1 Å². The lowest BCUT2D eigenvalue weighted by Gasteiger charge is -2.19. The number of nitro benzene ring substituents is 1. The molecule has 0 saturated carbocycles. The molecule has 1 aromatic carbocycles. The van der Waals surface area contributed by atoms with Gasteiger partial charge in [0, 0.05) is 12.1 Å². The van der Waals surface area contributed by atoms with Crippen LogP contribution < -0.4 is 0 Å². The van der Waals surface area contributed by atoms with E-state index < -0.39 is 39.7 Å². The molecule has 11 heteroatoms. The fraction of sp³-hybridized carbons (Fsp3) is 0.333. The SMILES string of the molecule is CCOC(=O)[C@@H]1COC(=O)N1S(=O)(=O)c1ccc([N+](=O)[O-])cc1. The molecule has 1 aliphatic heterocycles. The second-order valence-electron chi connectivity index (χ2n) is 4.40. The van der Waals surface area contributed by atoms with E-state index in [2.05, 4.69) is 4.74 Å². The number of sulfonamides is 1. The van der Waals surface area contributed by atoms with Gasteiger partial charge < -0.3 is 9.47 Å². The van der Waals surface area contributed by atoms with E-state index in [4.69, 9.17) is 4.74 Å². The van der Waals surface area contributed by atoms with Gasteiger partial charge in [-0.2, -0.15) is 4.31 Å². The highest BCUT2D eigenvalue weighted by atomic mass is 32.2. The van der Waals surface area contributed by atoms with E-state index in [1.165, 1.54) is 6.92 Å². The van der Waals surface area contributed by atoms with Crippen LogP contribution in [0.2, 0.25) is 0 Å². The minimum Gasteiger partial charge on any atom is -0.464 e. The zero-order valence-corrected chi connectivity index (χ0v) is 12.7. The summed E-state index contributed by atoms with van der Waals surface area (Å²) in [5, 5.41) is 10.6. The maximum atomic E-state index is 12.5. The average Bonchev–Trinajstić information content (AvgIpc) is 2.90. The van der Waals surface area contributed by atoms with Gasteiger partial charge in [0.05, 0.1) is 16.4 Å². The van der Waals surface area contributed by atoms with Gasteiger partial charge in [-0.1, -0.05) is 0 Å². The summed E-state index contributed by atoms with van der Waals surface area (Å²) in [6.45, 7) is 1.09. The minimum absolute atomic E-state index is 0.00887. The van der Waals surface area contributed by atoms with E-state index in [1.807, 2.05) is 0 Å². The van der Waals surface area contributed by atoms with E-state index in [-0.39, 0.29) is 21.5 Å². The first kappa shape index (κ1) is 16.7. The number of carbonyl (C=O) groups excluding carboxylic acids is 2. The van der Waals surface area contributed by atoms with E-state index >= 15 is 0 Å². The molecular formula is C12H12N2O8S. The number of amides is 1. The lowest BCUT2D eigenvalue weighted by atomic mass is 10.3. The van der Waals surface area contributed by atoms with Crippen molar-refractivity contribution in [2.24, 2.45) is 0 Å². The second kappa shape index (κ2) is 6.20. The van der Waals surface area contributed by atoms with E-state index in [9.17, 15) is 28.1 Å². The standard InChI is InChI=1S/C12H12N2O8S/c1-2-21-11(15)10-7-22-12(16)13(10)23(19,20)9-5-3-8(4-6-9)14(17)18/h3-6,10H,2,7H2,1H3/t10-/m0/s1. The molecule has 0 aromatic heterocycles. The molecule has 1 fully saturated rings. The van der Waals surface area contributed by atoms with Crippen LogP contribution in [-0.4, -0.2) is 49.0 Å². The molecule has 0 bridgehead atoms. The van der Waals surface area contributed by atoms with Gasteiger partial charge >= 0.3 is 12.1 Å². The van der Waals surface area contributed by atoms with Gasteiger partial charge in [-0.25, -0.2) is 18.0 Å². The van der Waals surface area contributed by atoms with Crippen molar-refractivity contribution in [2.45, 2.75) is 17.9 Å². The van der Waals surface area contributed by atoms with E-state index in [1.54, 1.807) is 0 Å². The molecule has 0 spiro atoms. The molecule has 23 heavy (non-hydrogen) atoms. The number of carbonyl (C=O) groups is 2. The minimum atomic E-state index is -4.41. The highest BCUT2D eigenvalue weighted by Crippen LogP contribution is 2.25. The van der Waals surface area contributed by atoms with Crippen LogP contribution in [0.25, 0.3) is 0 Å². The Labute approximate surface area is 130 Å². The van der Waals surface area contributed by atoms with Gasteiger partial charge in [0.2, 0.25) is 0 Å². The van der Waals surface area contributed by atoms with Crippen LogP contribution in [-0.2, 0) is 24.3 Å². The zero-order chi connectivity index (χ0) is 17.2. The molecule has 1 atom stereocenters. The Bertz CT molecular complexity index is 743. The van der Waals surface area contributed by atoms with Crippen molar-refractivity contribution in [2.75, 3.05) is 13.2 Å². The number of esters is 1. The number of rotatable bonds is 5.